The van der Waals surface area contributed by atoms with Crippen molar-refractivity contribution in [1.29, 1.82) is 0 Å². The van der Waals surface area contributed by atoms with Crippen LogP contribution in [0.25, 0.3) is 0 Å². The van der Waals surface area contributed by atoms with Crippen molar-refractivity contribution in [3.63, 3.8) is 0 Å². The van der Waals surface area contributed by atoms with E-state index < -0.39 is 0 Å². The minimum atomic E-state index is 0.231. The summed E-state index contributed by atoms with van der Waals surface area (Å²) in [5.74, 6) is 0.258. The lowest BCUT2D eigenvalue weighted by Crippen LogP contribution is -2.63. The van der Waals surface area contributed by atoms with Gasteiger partial charge in [-0.05, 0) is 48.6 Å². The zero-order valence-electron chi connectivity index (χ0n) is 13.2. The van der Waals surface area contributed by atoms with Crippen molar-refractivity contribution in [1.82, 2.24) is 14.9 Å². The zero-order valence-corrected chi connectivity index (χ0v) is 13.2. The van der Waals surface area contributed by atoms with Crippen LogP contribution in [0.4, 0.5) is 0 Å². The number of carbonyl (C=O) groups is 1. The molecule has 1 spiro atoms. The first-order chi connectivity index (χ1) is 11.3. The molecule has 4 nitrogen and oxygen atoms in total. The molecule has 1 aliphatic carbocycles. The van der Waals surface area contributed by atoms with E-state index in [1.54, 1.807) is 18.6 Å². The van der Waals surface area contributed by atoms with Gasteiger partial charge in [0, 0.05) is 43.2 Å². The number of rotatable bonds is 4. The minimum Gasteiger partial charge on any atom is -0.334 e. The maximum Gasteiger partial charge on any atom is 0.223 e. The molecular formula is C19H21N3O. The Balaban J connectivity index is 1.46. The predicted octanol–water partition coefficient (Wildman–Crippen LogP) is 3.16. The molecule has 2 aromatic rings. The van der Waals surface area contributed by atoms with E-state index >= 15 is 0 Å². The fraction of sp³-hybridized carbons (Fsp3) is 0.421. The van der Waals surface area contributed by atoms with E-state index in [1.807, 2.05) is 24.4 Å². The SMILES string of the molecule is O=C(CCc1ccncc1)N1CC2(CCC2)C1c1cccnc1. The molecule has 1 aliphatic heterocycles. The smallest absolute Gasteiger partial charge is 0.223 e. The topological polar surface area (TPSA) is 46.1 Å². The summed E-state index contributed by atoms with van der Waals surface area (Å²) in [6.07, 6.45) is 12.4. The molecule has 2 aliphatic rings. The second-order valence-electron chi connectivity index (χ2n) is 6.78. The van der Waals surface area contributed by atoms with Crippen LogP contribution in [0.3, 0.4) is 0 Å². The van der Waals surface area contributed by atoms with E-state index in [0.717, 1.165) is 13.0 Å². The second kappa shape index (κ2) is 5.76. The second-order valence-corrected chi connectivity index (χ2v) is 6.78. The molecule has 0 radical (unpaired) electrons. The number of carbonyl (C=O) groups excluding carboxylic acids is 1. The van der Waals surface area contributed by atoms with Gasteiger partial charge in [0.15, 0.2) is 0 Å². The van der Waals surface area contributed by atoms with Crippen LogP contribution in [0.5, 0.6) is 0 Å². The molecule has 2 aromatic heterocycles. The van der Waals surface area contributed by atoms with E-state index in [9.17, 15) is 4.79 Å². The monoisotopic (exact) mass is 307 g/mol. The first-order valence-corrected chi connectivity index (χ1v) is 8.37. The Hall–Kier alpha value is -2.23. The van der Waals surface area contributed by atoms with Crippen LogP contribution >= 0.6 is 0 Å². The highest BCUT2D eigenvalue weighted by Crippen LogP contribution is 2.60. The highest BCUT2D eigenvalue weighted by atomic mass is 16.2. The summed E-state index contributed by atoms with van der Waals surface area (Å²) in [6, 6.07) is 8.28. The van der Waals surface area contributed by atoms with Gasteiger partial charge in [0.1, 0.15) is 0 Å². The number of aromatic nitrogens is 2. The molecule has 1 amide bonds. The van der Waals surface area contributed by atoms with E-state index in [-0.39, 0.29) is 11.9 Å². The molecule has 1 saturated carbocycles. The van der Waals surface area contributed by atoms with Crippen molar-refractivity contribution in [3.8, 4) is 0 Å². The molecule has 4 rings (SSSR count). The van der Waals surface area contributed by atoms with Gasteiger partial charge in [-0.25, -0.2) is 0 Å². The van der Waals surface area contributed by atoms with E-state index in [4.69, 9.17) is 0 Å². The van der Waals surface area contributed by atoms with Crippen LogP contribution in [0.1, 0.15) is 42.9 Å². The van der Waals surface area contributed by atoms with Crippen LogP contribution in [0.2, 0.25) is 0 Å². The summed E-state index contributed by atoms with van der Waals surface area (Å²) in [5, 5.41) is 0. The highest BCUT2D eigenvalue weighted by molar-refractivity contribution is 5.78. The highest BCUT2D eigenvalue weighted by Gasteiger charge is 2.57. The van der Waals surface area contributed by atoms with Gasteiger partial charge in [0.25, 0.3) is 0 Å². The molecule has 0 N–H and O–H groups in total. The maximum absolute atomic E-state index is 12.7. The Labute approximate surface area is 136 Å². The Morgan fingerprint density at radius 3 is 2.65 bits per heavy atom. The van der Waals surface area contributed by atoms with Gasteiger partial charge in [0.05, 0.1) is 6.04 Å². The van der Waals surface area contributed by atoms with Crippen LogP contribution in [-0.2, 0) is 11.2 Å². The van der Waals surface area contributed by atoms with E-state index in [0.29, 0.717) is 11.8 Å². The molecule has 0 aromatic carbocycles. The third-order valence-electron chi connectivity index (χ3n) is 5.42. The van der Waals surface area contributed by atoms with Crippen molar-refractivity contribution in [3.05, 3.63) is 60.2 Å². The molecule has 2 fully saturated rings. The number of aryl methyl sites for hydroxylation is 1. The number of hydrogen-bond donors (Lipinski definition) is 0. The standard InChI is InChI=1S/C19H21N3O/c23-17(5-4-15-6-11-20-12-7-15)22-14-19(8-2-9-19)18(22)16-3-1-10-21-13-16/h1,3,6-7,10-13,18H,2,4-5,8-9,14H2. The lowest BCUT2D eigenvalue weighted by atomic mass is 9.56. The molecule has 23 heavy (non-hydrogen) atoms. The fourth-order valence-electron chi connectivity index (χ4n) is 4.05. The van der Waals surface area contributed by atoms with Gasteiger partial charge in [-0.3, -0.25) is 14.8 Å². The molecular weight excluding hydrogens is 286 g/mol. The fourth-order valence-corrected chi connectivity index (χ4v) is 4.05. The summed E-state index contributed by atoms with van der Waals surface area (Å²) in [6.45, 7) is 0.918. The summed E-state index contributed by atoms with van der Waals surface area (Å²) in [5.41, 5.74) is 2.69. The lowest BCUT2D eigenvalue weighted by molar-refractivity contribution is -0.169. The molecule has 1 atom stereocenters. The summed E-state index contributed by atoms with van der Waals surface area (Å²) < 4.78 is 0. The van der Waals surface area contributed by atoms with Crippen molar-refractivity contribution in [2.24, 2.45) is 5.41 Å². The number of likely N-dealkylation sites (tertiary alicyclic amines) is 1. The molecule has 118 valence electrons. The van der Waals surface area contributed by atoms with E-state index in [1.165, 1.54) is 30.4 Å². The largest absolute Gasteiger partial charge is 0.334 e. The van der Waals surface area contributed by atoms with Crippen LogP contribution < -0.4 is 0 Å². The molecule has 1 saturated heterocycles. The molecule has 0 bridgehead atoms. The number of amides is 1. The van der Waals surface area contributed by atoms with Gasteiger partial charge in [-0.15, -0.1) is 0 Å². The minimum absolute atomic E-state index is 0.231. The van der Waals surface area contributed by atoms with Gasteiger partial charge in [-0.2, -0.15) is 0 Å². The van der Waals surface area contributed by atoms with Gasteiger partial charge in [-0.1, -0.05) is 12.5 Å². The van der Waals surface area contributed by atoms with Crippen molar-refractivity contribution >= 4 is 5.91 Å². The summed E-state index contributed by atoms with van der Waals surface area (Å²) >= 11 is 0. The summed E-state index contributed by atoms with van der Waals surface area (Å²) in [4.78, 5) is 23.0. The van der Waals surface area contributed by atoms with Gasteiger partial charge >= 0.3 is 0 Å². The zero-order chi connectivity index (χ0) is 15.7. The van der Waals surface area contributed by atoms with Crippen LogP contribution in [0.15, 0.2) is 49.1 Å². The number of pyridine rings is 2. The van der Waals surface area contributed by atoms with Crippen molar-refractivity contribution < 1.29 is 4.79 Å². The van der Waals surface area contributed by atoms with Gasteiger partial charge < -0.3 is 4.90 Å². The Bertz CT molecular complexity index is 682. The molecule has 1 unspecified atom stereocenters. The van der Waals surface area contributed by atoms with Crippen LogP contribution in [0, 0.1) is 5.41 Å². The third kappa shape index (κ3) is 2.52. The summed E-state index contributed by atoms with van der Waals surface area (Å²) in [7, 11) is 0. The van der Waals surface area contributed by atoms with Crippen molar-refractivity contribution in [2.45, 2.75) is 38.1 Å². The van der Waals surface area contributed by atoms with E-state index in [2.05, 4.69) is 20.9 Å². The molecule has 4 heteroatoms. The normalized spacial score (nSPS) is 21.6. The Morgan fingerprint density at radius 2 is 2.00 bits per heavy atom. The molecule has 3 heterocycles. The first-order valence-electron chi connectivity index (χ1n) is 8.37. The Morgan fingerprint density at radius 1 is 1.17 bits per heavy atom. The average Bonchev–Trinajstić information content (AvgIpc) is 2.53. The lowest BCUT2D eigenvalue weighted by Gasteiger charge is -2.62. The maximum atomic E-state index is 12.7. The Kier molecular flexibility index (Phi) is 3.60. The third-order valence-corrected chi connectivity index (χ3v) is 5.42. The van der Waals surface area contributed by atoms with Crippen LogP contribution in [-0.4, -0.2) is 27.3 Å². The quantitative estimate of drug-likeness (QED) is 0.871. The average molecular weight is 307 g/mol. The first kappa shape index (κ1) is 14.4. The van der Waals surface area contributed by atoms with Gasteiger partial charge in [0.2, 0.25) is 5.91 Å². The number of hydrogen-bond acceptors (Lipinski definition) is 3. The number of nitrogens with zero attached hydrogens (tertiary/aromatic N) is 3. The predicted molar refractivity (Wildman–Crippen MR) is 87.5 cm³/mol. The van der Waals surface area contributed by atoms with Crippen molar-refractivity contribution in [2.75, 3.05) is 6.54 Å².